The molecule has 0 radical (unpaired) electrons. The molecule has 1 saturated carbocycles. The van der Waals surface area contributed by atoms with Gasteiger partial charge in [-0.3, -0.25) is 9.59 Å². The Bertz CT molecular complexity index is 1220. The molecule has 0 unspecified atom stereocenters. The van der Waals surface area contributed by atoms with Crippen LogP contribution in [0.5, 0.6) is 5.75 Å². The van der Waals surface area contributed by atoms with E-state index in [4.69, 9.17) is 4.74 Å². The Hall–Kier alpha value is -3.74. The first kappa shape index (κ1) is 20.2. The third kappa shape index (κ3) is 3.60. The molecule has 0 spiro atoms. The van der Waals surface area contributed by atoms with Crippen molar-refractivity contribution in [1.29, 1.82) is 0 Å². The van der Waals surface area contributed by atoms with Crippen LogP contribution >= 0.6 is 0 Å². The maximum Gasteiger partial charge on any atom is 0.264 e. The largest absolute Gasteiger partial charge is 0.482 e. The number of likely N-dealkylation sites (N-methyl/N-ethyl adjacent to an activating group) is 1. The van der Waals surface area contributed by atoms with Crippen LogP contribution in [0.4, 0.5) is 20.2 Å². The molecule has 162 valence electrons. The smallest absolute Gasteiger partial charge is 0.264 e. The van der Waals surface area contributed by atoms with Crippen LogP contribution in [-0.2, 0) is 4.79 Å². The summed E-state index contributed by atoms with van der Waals surface area (Å²) in [5.41, 5.74) is 3.59. The van der Waals surface area contributed by atoms with E-state index in [9.17, 15) is 18.4 Å². The molecule has 2 aliphatic rings. The molecule has 7 heteroatoms. The van der Waals surface area contributed by atoms with E-state index in [1.165, 1.54) is 6.07 Å². The van der Waals surface area contributed by atoms with Gasteiger partial charge in [0, 0.05) is 12.7 Å². The van der Waals surface area contributed by atoms with Gasteiger partial charge >= 0.3 is 0 Å². The van der Waals surface area contributed by atoms with E-state index < -0.39 is 23.1 Å². The van der Waals surface area contributed by atoms with Crippen molar-refractivity contribution in [1.82, 2.24) is 0 Å². The number of ether oxygens (including phenoxy) is 1. The number of carbonyl (C=O) groups excluding carboxylic acids is 2. The van der Waals surface area contributed by atoms with Crippen molar-refractivity contribution in [3.63, 3.8) is 0 Å². The number of rotatable bonds is 4. The molecule has 1 aliphatic carbocycles. The summed E-state index contributed by atoms with van der Waals surface area (Å²) in [7, 11) is 1.73. The number of amides is 2. The molecule has 1 N–H and O–H groups in total. The second-order valence-corrected chi connectivity index (χ2v) is 8.05. The average molecular weight is 434 g/mol. The van der Waals surface area contributed by atoms with Crippen molar-refractivity contribution in [2.75, 3.05) is 23.9 Å². The van der Waals surface area contributed by atoms with Crippen LogP contribution in [-0.4, -0.2) is 25.5 Å². The second kappa shape index (κ2) is 7.75. The zero-order chi connectivity index (χ0) is 22.4. The lowest BCUT2D eigenvalue weighted by atomic mass is 9.94. The number of hydrogen-bond donors (Lipinski definition) is 1. The highest BCUT2D eigenvalue weighted by Crippen LogP contribution is 2.48. The Morgan fingerprint density at radius 3 is 2.41 bits per heavy atom. The van der Waals surface area contributed by atoms with Gasteiger partial charge in [-0.2, -0.15) is 0 Å². The number of nitrogens with zero attached hydrogens (tertiary/aromatic N) is 1. The quantitative estimate of drug-likeness (QED) is 0.620. The molecule has 0 saturated heterocycles. The normalized spacial score (nSPS) is 15.2. The standard InChI is InChI=1S/C25H20F2N2O3/c1-29-21-11-17(18(14-5-6-14)12-22(21)32-13-23(29)30)15-7-9-16(10-8-15)28-25(31)24-19(26)3-2-4-20(24)27/h2-4,7-12,14H,5-6,13H2,1H3,(H,28,31). The Balaban J connectivity index is 1.45. The minimum absolute atomic E-state index is 0.0317. The molecule has 1 heterocycles. The summed E-state index contributed by atoms with van der Waals surface area (Å²) in [5.74, 6) is -1.63. The van der Waals surface area contributed by atoms with Gasteiger partial charge in [0.1, 0.15) is 22.9 Å². The van der Waals surface area contributed by atoms with E-state index in [0.29, 0.717) is 23.0 Å². The van der Waals surface area contributed by atoms with Gasteiger partial charge in [0.05, 0.1) is 5.69 Å². The van der Waals surface area contributed by atoms with Gasteiger partial charge in [0.25, 0.3) is 11.8 Å². The topological polar surface area (TPSA) is 58.6 Å². The van der Waals surface area contributed by atoms with E-state index in [1.54, 1.807) is 24.1 Å². The number of carbonyl (C=O) groups is 2. The van der Waals surface area contributed by atoms with Gasteiger partial charge in [0.15, 0.2) is 6.61 Å². The van der Waals surface area contributed by atoms with Crippen molar-refractivity contribution in [2.24, 2.45) is 0 Å². The highest BCUT2D eigenvalue weighted by atomic mass is 19.1. The average Bonchev–Trinajstić information content (AvgIpc) is 3.62. The molecular weight excluding hydrogens is 414 g/mol. The van der Waals surface area contributed by atoms with Crippen LogP contribution < -0.4 is 15.0 Å². The summed E-state index contributed by atoms with van der Waals surface area (Å²) < 4.78 is 33.4. The molecule has 0 bridgehead atoms. The molecule has 32 heavy (non-hydrogen) atoms. The van der Waals surface area contributed by atoms with E-state index in [0.717, 1.165) is 41.7 Å². The Morgan fingerprint density at radius 1 is 1.06 bits per heavy atom. The van der Waals surface area contributed by atoms with Gasteiger partial charge < -0.3 is 15.0 Å². The Morgan fingerprint density at radius 2 is 1.75 bits per heavy atom. The van der Waals surface area contributed by atoms with Gasteiger partial charge in [-0.15, -0.1) is 0 Å². The predicted octanol–water partition coefficient (Wildman–Crippen LogP) is 5.12. The SMILES string of the molecule is CN1C(=O)COc2cc(C3CC3)c(-c3ccc(NC(=O)c4c(F)cccc4F)cc3)cc21. The van der Waals surface area contributed by atoms with E-state index in [-0.39, 0.29) is 12.5 Å². The molecular formula is C25H20F2N2O3. The van der Waals surface area contributed by atoms with Gasteiger partial charge in [-0.1, -0.05) is 18.2 Å². The summed E-state index contributed by atoms with van der Waals surface area (Å²) in [6, 6.07) is 14.3. The lowest BCUT2D eigenvalue weighted by Crippen LogP contribution is -2.35. The van der Waals surface area contributed by atoms with Crippen LogP contribution in [0.1, 0.15) is 34.7 Å². The fourth-order valence-corrected chi connectivity index (χ4v) is 3.96. The summed E-state index contributed by atoms with van der Waals surface area (Å²) in [6.45, 7) is 0.0317. The Kier molecular flexibility index (Phi) is 4.89. The molecule has 5 rings (SSSR count). The molecule has 0 atom stereocenters. The zero-order valence-electron chi connectivity index (χ0n) is 17.3. The van der Waals surface area contributed by atoms with Gasteiger partial charge in [-0.25, -0.2) is 8.78 Å². The van der Waals surface area contributed by atoms with Crippen molar-refractivity contribution < 1.29 is 23.1 Å². The van der Waals surface area contributed by atoms with E-state index in [2.05, 4.69) is 5.32 Å². The van der Waals surface area contributed by atoms with Crippen LogP contribution in [0.2, 0.25) is 0 Å². The maximum absolute atomic E-state index is 13.9. The molecule has 1 fully saturated rings. The predicted molar refractivity (Wildman–Crippen MR) is 117 cm³/mol. The summed E-state index contributed by atoms with van der Waals surface area (Å²) in [5, 5.41) is 2.54. The second-order valence-electron chi connectivity index (χ2n) is 8.05. The van der Waals surface area contributed by atoms with Crippen molar-refractivity contribution in [3.05, 3.63) is 77.4 Å². The van der Waals surface area contributed by atoms with Crippen LogP contribution in [0, 0.1) is 11.6 Å². The summed E-state index contributed by atoms with van der Waals surface area (Å²) in [4.78, 5) is 26.0. The van der Waals surface area contributed by atoms with Crippen LogP contribution in [0.15, 0.2) is 54.6 Å². The zero-order valence-corrected chi connectivity index (χ0v) is 17.3. The highest BCUT2D eigenvalue weighted by Gasteiger charge is 2.31. The van der Waals surface area contributed by atoms with Crippen molar-refractivity contribution in [2.45, 2.75) is 18.8 Å². The first-order valence-electron chi connectivity index (χ1n) is 10.4. The summed E-state index contributed by atoms with van der Waals surface area (Å²) in [6.07, 6.45) is 2.20. The minimum atomic E-state index is -0.914. The lowest BCUT2D eigenvalue weighted by molar-refractivity contribution is -0.120. The number of benzene rings is 3. The first-order valence-corrected chi connectivity index (χ1v) is 10.4. The number of halogens is 2. The highest BCUT2D eigenvalue weighted by molar-refractivity contribution is 6.04. The third-order valence-electron chi connectivity index (χ3n) is 5.88. The van der Waals surface area contributed by atoms with Gasteiger partial charge in [0.2, 0.25) is 0 Å². The van der Waals surface area contributed by atoms with Gasteiger partial charge in [-0.05, 0) is 71.8 Å². The van der Waals surface area contributed by atoms with Crippen molar-refractivity contribution >= 4 is 23.2 Å². The first-order chi connectivity index (χ1) is 15.4. The molecule has 5 nitrogen and oxygen atoms in total. The molecule has 2 amide bonds. The number of hydrogen-bond acceptors (Lipinski definition) is 3. The fourth-order valence-electron chi connectivity index (χ4n) is 3.96. The maximum atomic E-state index is 13.9. The number of anilines is 2. The minimum Gasteiger partial charge on any atom is -0.482 e. The lowest BCUT2D eigenvalue weighted by Gasteiger charge is -2.27. The molecule has 3 aromatic rings. The third-order valence-corrected chi connectivity index (χ3v) is 5.88. The fraction of sp³-hybridized carbons (Fsp3) is 0.200. The number of fused-ring (bicyclic) bond motifs is 1. The van der Waals surface area contributed by atoms with E-state index >= 15 is 0 Å². The monoisotopic (exact) mass is 434 g/mol. The number of nitrogens with one attached hydrogen (secondary N) is 1. The van der Waals surface area contributed by atoms with Crippen molar-refractivity contribution in [3.8, 4) is 16.9 Å². The molecule has 1 aliphatic heterocycles. The Labute approximate surface area is 183 Å². The molecule has 3 aromatic carbocycles. The molecule has 0 aromatic heterocycles. The summed E-state index contributed by atoms with van der Waals surface area (Å²) >= 11 is 0. The van der Waals surface area contributed by atoms with Crippen LogP contribution in [0.3, 0.4) is 0 Å². The van der Waals surface area contributed by atoms with E-state index in [1.807, 2.05) is 24.3 Å². The van der Waals surface area contributed by atoms with Crippen LogP contribution in [0.25, 0.3) is 11.1 Å².